The van der Waals surface area contributed by atoms with Crippen LogP contribution in [0.5, 0.6) is 0 Å². The molecule has 12 heavy (non-hydrogen) atoms. The number of hydrogen-bond donors (Lipinski definition) is 2. The molecule has 70 valence electrons. The number of rotatable bonds is 3. The molecule has 1 fully saturated rings. The zero-order valence-electron chi connectivity index (χ0n) is 7.55. The lowest BCUT2D eigenvalue weighted by atomic mass is 9.87. The zero-order valence-corrected chi connectivity index (χ0v) is 7.55. The Labute approximate surface area is 73.2 Å². The van der Waals surface area contributed by atoms with Crippen molar-refractivity contribution >= 4 is 5.97 Å². The van der Waals surface area contributed by atoms with Crippen LogP contribution in [0.3, 0.4) is 0 Å². The molecule has 1 heterocycles. The van der Waals surface area contributed by atoms with Crippen molar-refractivity contribution in [3.05, 3.63) is 0 Å². The van der Waals surface area contributed by atoms with Crippen LogP contribution in [-0.4, -0.2) is 24.2 Å². The van der Waals surface area contributed by atoms with Crippen molar-refractivity contribution in [1.82, 2.24) is 5.32 Å². The molecular formula is C9H17NO2. The second-order valence-corrected chi connectivity index (χ2v) is 3.63. The quantitative estimate of drug-likeness (QED) is 0.668. The summed E-state index contributed by atoms with van der Waals surface area (Å²) in [5.41, 5.74) is 0. The Kier molecular flexibility index (Phi) is 3.53. The summed E-state index contributed by atoms with van der Waals surface area (Å²) in [5.74, 6) is 0.364. The lowest BCUT2D eigenvalue weighted by Crippen LogP contribution is -2.36. The molecule has 3 nitrogen and oxygen atoms in total. The molecule has 1 aliphatic heterocycles. The summed E-state index contributed by atoms with van der Waals surface area (Å²) in [6.07, 6.45) is 2.56. The highest BCUT2D eigenvalue weighted by Gasteiger charge is 2.21. The molecule has 2 N–H and O–H groups in total. The first-order chi connectivity index (χ1) is 5.72. The molecule has 0 aromatic heterocycles. The average Bonchev–Trinajstić information content (AvgIpc) is 2.03. The van der Waals surface area contributed by atoms with Gasteiger partial charge in [0.2, 0.25) is 0 Å². The van der Waals surface area contributed by atoms with Gasteiger partial charge in [0.15, 0.2) is 0 Å². The fourth-order valence-electron chi connectivity index (χ4n) is 1.84. The van der Waals surface area contributed by atoms with E-state index in [0.29, 0.717) is 18.3 Å². The smallest absolute Gasteiger partial charge is 0.303 e. The molecule has 1 rings (SSSR count). The molecule has 3 heteroatoms. The maximum atomic E-state index is 10.4. The third kappa shape index (κ3) is 2.81. The third-order valence-corrected chi connectivity index (χ3v) is 2.57. The van der Waals surface area contributed by atoms with Crippen LogP contribution in [0, 0.1) is 11.8 Å². The summed E-state index contributed by atoms with van der Waals surface area (Å²) in [7, 11) is 0. The predicted molar refractivity (Wildman–Crippen MR) is 47.0 cm³/mol. The molecule has 2 unspecified atom stereocenters. The standard InChI is InChI=1S/C9H17NO2/c1-2-7-3-8(4-9(11)12)6-10-5-7/h7-8,10H,2-6H2,1H3,(H,11,12). The zero-order chi connectivity index (χ0) is 8.97. The second kappa shape index (κ2) is 4.45. The molecule has 0 saturated carbocycles. The van der Waals surface area contributed by atoms with Gasteiger partial charge in [-0.25, -0.2) is 0 Å². The van der Waals surface area contributed by atoms with Gasteiger partial charge < -0.3 is 10.4 Å². The summed E-state index contributed by atoms with van der Waals surface area (Å²) >= 11 is 0. The van der Waals surface area contributed by atoms with E-state index >= 15 is 0 Å². The van der Waals surface area contributed by atoms with E-state index in [1.54, 1.807) is 0 Å². The monoisotopic (exact) mass is 171 g/mol. The molecule has 0 aromatic carbocycles. The van der Waals surface area contributed by atoms with Crippen molar-refractivity contribution in [2.45, 2.75) is 26.2 Å². The van der Waals surface area contributed by atoms with E-state index in [1.165, 1.54) is 0 Å². The minimum atomic E-state index is -0.668. The van der Waals surface area contributed by atoms with Gasteiger partial charge in [-0.05, 0) is 31.3 Å². The van der Waals surface area contributed by atoms with Crippen molar-refractivity contribution in [2.75, 3.05) is 13.1 Å². The van der Waals surface area contributed by atoms with Crippen LogP contribution in [0.4, 0.5) is 0 Å². The van der Waals surface area contributed by atoms with Crippen LogP contribution in [0.2, 0.25) is 0 Å². The first kappa shape index (κ1) is 9.52. The fraction of sp³-hybridized carbons (Fsp3) is 0.889. The lowest BCUT2D eigenvalue weighted by molar-refractivity contribution is -0.138. The van der Waals surface area contributed by atoms with Crippen molar-refractivity contribution in [1.29, 1.82) is 0 Å². The second-order valence-electron chi connectivity index (χ2n) is 3.63. The van der Waals surface area contributed by atoms with Gasteiger partial charge in [-0.2, -0.15) is 0 Å². The summed E-state index contributed by atoms with van der Waals surface area (Å²) in [5, 5.41) is 11.9. The van der Waals surface area contributed by atoms with Crippen molar-refractivity contribution in [3.8, 4) is 0 Å². The Morgan fingerprint density at radius 1 is 1.50 bits per heavy atom. The van der Waals surface area contributed by atoms with E-state index in [0.717, 1.165) is 25.9 Å². The molecule has 0 aromatic rings. The molecule has 0 spiro atoms. The Morgan fingerprint density at radius 3 is 2.75 bits per heavy atom. The van der Waals surface area contributed by atoms with E-state index in [4.69, 9.17) is 5.11 Å². The average molecular weight is 171 g/mol. The summed E-state index contributed by atoms with van der Waals surface area (Å²) in [6, 6.07) is 0. The Bertz CT molecular complexity index is 159. The normalized spacial score (nSPS) is 30.1. The van der Waals surface area contributed by atoms with Crippen molar-refractivity contribution in [2.24, 2.45) is 11.8 Å². The summed E-state index contributed by atoms with van der Waals surface area (Å²) < 4.78 is 0. The van der Waals surface area contributed by atoms with Gasteiger partial charge in [-0.15, -0.1) is 0 Å². The largest absolute Gasteiger partial charge is 0.481 e. The van der Waals surface area contributed by atoms with Crippen LogP contribution in [0.25, 0.3) is 0 Å². The van der Waals surface area contributed by atoms with E-state index < -0.39 is 5.97 Å². The number of aliphatic carboxylic acids is 1. The number of carboxylic acids is 1. The van der Waals surface area contributed by atoms with Gasteiger partial charge in [-0.3, -0.25) is 4.79 Å². The number of hydrogen-bond acceptors (Lipinski definition) is 2. The van der Waals surface area contributed by atoms with E-state index in [9.17, 15) is 4.79 Å². The third-order valence-electron chi connectivity index (χ3n) is 2.57. The Balaban J connectivity index is 2.30. The minimum Gasteiger partial charge on any atom is -0.481 e. The number of carboxylic acid groups (broad SMARTS) is 1. The maximum Gasteiger partial charge on any atom is 0.303 e. The van der Waals surface area contributed by atoms with Crippen LogP contribution >= 0.6 is 0 Å². The van der Waals surface area contributed by atoms with Gasteiger partial charge in [0.1, 0.15) is 0 Å². The van der Waals surface area contributed by atoms with Crippen LogP contribution in [-0.2, 0) is 4.79 Å². The molecule has 0 radical (unpaired) electrons. The molecule has 1 saturated heterocycles. The molecule has 0 amide bonds. The molecule has 2 atom stereocenters. The Hall–Kier alpha value is -0.570. The first-order valence-corrected chi connectivity index (χ1v) is 4.64. The molecule has 1 aliphatic rings. The van der Waals surface area contributed by atoms with Gasteiger partial charge in [0.25, 0.3) is 0 Å². The highest BCUT2D eigenvalue weighted by atomic mass is 16.4. The SMILES string of the molecule is CCC1CNCC(CC(=O)O)C1. The molecular weight excluding hydrogens is 154 g/mol. The van der Waals surface area contributed by atoms with E-state index in [1.807, 2.05) is 0 Å². The fourth-order valence-corrected chi connectivity index (χ4v) is 1.84. The number of nitrogens with one attached hydrogen (secondary N) is 1. The van der Waals surface area contributed by atoms with Crippen molar-refractivity contribution < 1.29 is 9.90 Å². The van der Waals surface area contributed by atoms with Gasteiger partial charge in [0.05, 0.1) is 0 Å². The highest BCUT2D eigenvalue weighted by Crippen LogP contribution is 2.21. The summed E-state index contributed by atoms with van der Waals surface area (Å²) in [4.78, 5) is 10.4. The van der Waals surface area contributed by atoms with Crippen LogP contribution in [0.15, 0.2) is 0 Å². The minimum absolute atomic E-state index is 0.323. The van der Waals surface area contributed by atoms with Crippen LogP contribution in [0.1, 0.15) is 26.2 Å². The predicted octanol–water partition coefficient (Wildman–Crippen LogP) is 1.10. The molecule has 0 aliphatic carbocycles. The topological polar surface area (TPSA) is 49.3 Å². The maximum absolute atomic E-state index is 10.4. The van der Waals surface area contributed by atoms with Gasteiger partial charge in [-0.1, -0.05) is 13.3 Å². The van der Waals surface area contributed by atoms with Gasteiger partial charge >= 0.3 is 5.97 Å². The van der Waals surface area contributed by atoms with Crippen molar-refractivity contribution in [3.63, 3.8) is 0 Å². The number of piperidine rings is 1. The van der Waals surface area contributed by atoms with Gasteiger partial charge in [0, 0.05) is 6.42 Å². The highest BCUT2D eigenvalue weighted by molar-refractivity contribution is 5.67. The van der Waals surface area contributed by atoms with E-state index in [2.05, 4.69) is 12.2 Å². The number of carbonyl (C=O) groups is 1. The Morgan fingerprint density at radius 2 is 2.17 bits per heavy atom. The first-order valence-electron chi connectivity index (χ1n) is 4.64. The van der Waals surface area contributed by atoms with Crippen LogP contribution < -0.4 is 5.32 Å². The van der Waals surface area contributed by atoms with E-state index in [-0.39, 0.29) is 0 Å². The summed E-state index contributed by atoms with van der Waals surface area (Å²) in [6.45, 7) is 4.10. The molecule has 0 bridgehead atoms. The lowest BCUT2D eigenvalue weighted by Gasteiger charge is -2.28.